The molecular formula is C24H25N7O. The first kappa shape index (κ1) is 20.1. The highest BCUT2D eigenvalue weighted by atomic mass is 16.1. The molecule has 8 nitrogen and oxygen atoms in total. The summed E-state index contributed by atoms with van der Waals surface area (Å²) in [6.45, 7) is 1.95. The minimum absolute atomic E-state index is 0.0759. The van der Waals surface area contributed by atoms with Gasteiger partial charge in [-0.3, -0.25) is 4.79 Å². The van der Waals surface area contributed by atoms with Crippen LogP contribution in [0.15, 0.2) is 54.7 Å². The number of anilines is 1. The molecule has 1 atom stereocenters. The molecule has 0 radical (unpaired) electrons. The number of fused-ring (bicyclic) bond motifs is 1. The summed E-state index contributed by atoms with van der Waals surface area (Å²) in [7, 11) is 2.08. The highest BCUT2D eigenvalue weighted by molar-refractivity contribution is 5.95. The van der Waals surface area contributed by atoms with E-state index < -0.39 is 0 Å². The quantitative estimate of drug-likeness (QED) is 0.461. The fourth-order valence-electron chi connectivity index (χ4n) is 4.15. The van der Waals surface area contributed by atoms with Crippen molar-refractivity contribution in [1.29, 1.82) is 0 Å². The molecular weight excluding hydrogens is 402 g/mol. The number of likely N-dealkylation sites (N-methyl/N-ethyl adjacent to an activating group) is 1. The Bertz CT molecular complexity index is 1250. The van der Waals surface area contributed by atoms with Crippen LogP contribution >= 0.6 is 0 Å². The van der Waals surface area contributed by atoms with E-state index in [1.165, 1.54) is 0 Å². The summed E-state index contributed by atoms with van der Waals surface area (Å²) in [6, 6.07) is 15.3. The Morgan fingerprint density at radius 2 is 2.06 bits per heavy atom. The zero-order chi connectivity index (χ0) is 22.1. The van der Waals surface area contributed by atoms with E-state index in [9.17, 15) is 4.79 Å². The number of hydrogen-bond acceptors (Lipinski definition) is 6. The van der Waals surface area contributed by atoms with Crippen LogP contribution in [-0.4, -0.2) is 56.9 Å². The first-order valence-electron chi connectivity index (χ1n) is 10.7. The van der Waals surface area contributed by atoms with Crippen molar-refractivity contribution in [3.05, 3.63) is 60.3 Å². The number of rotatable bonds is 4. The number of likely N-dealkylation sites (tertiary alicyclic amines) is 1. The fraction of sp³-hybridized carbons (Fsp3) is 0.250. The molecule has 4 N–H and O–H groups in total. The minimum Gasteiger partial charge on any atom is -0.382 e. The van der Waals surface area contributed by atoms with Gasteiger partial charge in [0.05, 0.1) is 22.9 Å². The molecule has 3 heterocycles. The molecule has 162 valence electrons. The van der Waals surface area contributed by atoms with Crippen molar-refractivity contribution in [2.24, 2.45) is 0 Å². The number of nitrogen functional groups attached to an aromatic ring is 1. The van der Waals surface area contributed by atoms with Gasteiger partial charge in [-0.2, -0.15) is 0 Å². The van der Waals surface area contributed by atoms with Crippen molar-refractivity contribution in [3.8, 4) is 22.8 Å². The number of aromatic nitrogens is 4. The smallest absolute Gasteiger partial charge is 0.251 e. The van der Waals surface area contributed by atoms with Crippen molar-refractivity contribution in [2.75, 3.05) is 25.9 Å². The number of H-pyrrole nitrogens is 1. The average molecular weight is 428 g/mol. The van der Waals surface area contributed by atoms with Gasteiger partial charge < -0.3 is 20.9 Å². The topological polar surface area (TPSA) is 113 Å². The lowest BCUT2D eigenvalue weighted by Gasteiger charge is -2.30. The third kappa shape index (κ3) is 4.04. The van der Waals surface area contributed by atoms with E-state index >= 15 is 0 Å². The number of piperidine rings is 1. The number of carbonyl (C=O) groups is 1. The van der Waals surface area contributed by atoms with Crippen LogP contribution < -0.4 is 11.1 Å². The molecule has 1 unspecified atom stereocenters. The number of nitrogens with one attached hydrogen (secondary N) is 2. The molecule has 2 aromatic heterocycles. The number of amides is 1. The van der Waals surface area contributed by atoms with Gasteiger partial charge in [0.15, 0.2) is 11.6 Å². The van der Waals surface area contributed by atoms with Gasteiger partial charge in [-0.25, -0.2) is 15.0 Å². The summed E-state index contributed by atoms with van der Waals surface area (Å²) in [6.07, 6.45) is 3.71. The number of aromatic amines is 1. The lowest BCUT2D eigenvalue weighted by Crippen LogP contribution is -2.46. The Kier molecular flexibility index (Phi) is 5.28. The molecule has 5 rings (SSSR count). The highest BCUT2D eigenvalue weighted by Gasteiger charge is 2.20. The summed E-state index contributed by atoms with van der Waals surface area (Å²) >= 11 is 0. The summed E-state index contributed by atoms with van der Waals surface area (Å²) in [5.41, 5.74) is 10.4. The molecule has 1 amide bonds. The normalized spacial score (nSPS) is 16.8. The van der Waals surface area contributed by atoms with Crippen LogP contribution in [0.5, 0.6) is 0 Å². The predicted octanol–water partition coefficient (Wildman–Crippen LogP) is 3.09. The summed E-state index contributed by atoms with van der Waals surface area (Å²) in [5, 5.41) is 3.15. The van der Waals surface area contributed by atoms with Crippen molar-refractivity contribution >= 4 is 22.8 Å². The van der Waals surface area contributed by atoms with E-state index in [1.54, 1.807) is 6.20 Å². The summed E-state index contributed by atoms with van der Waals surface area (Å²) in [5.74, 6) is 0.782. The van der Waals surface area contributed by atoms with Gasteiger partial charge in [0.25, 0.3) is 5.91 Å². The number of imidazole rings is 1. The van der Waals surface area contributed by atoms with E-state index in [-0.39, 0.29) is 11.9 Å². The number of nitrogens with two attached hydrogens (primary N) is 1. The maximum Gasteiger partial charge on any atom is 0.251 e. The number of para-hydroxylation sites is 2. The summed E-state index contributed by atoms with van der Waals surface area (Å²) in [4.78, 5) is 32.0. The van der Waals surface area contributed by atoms with E-state index in [2.05, 4.69) is 32.2 Å². The van der Waals surface area contributed by atoms with E-state index in [0.717, 1.165) is 42.5 Å². The molecule has 32 heavy (non-hydrogen) atoms. The molecule has 1 aliphatic rings. The molecule has 0 bridgehead atoms. The van der Waals surface area contributed by atoms with Crippen molar-refractivity contribution in [3.63, 3.8) is 0 Å². The van der Waals surface area contributed by atoms with Crippen LogP contribution in [0.2, 0.25) is 0 Å². The van der Waals surface area contributed by atoms with Gasteiger partial charge in [-0.05, 0) is 50.7 Å². The van der Waals surface area contributed by atoms with Crippen LogP contribution in [-0.2, 0) is 0 Å². The van der Waals surface area contributed by atoms with Crippen molar-refractivity contribution in [1.82, 2.24) is 30.2 Å². The minimum atomic E-state index is -0.0759. The molecule has 1 saturated heterocycles. The monoisotopic (exact) mass is 427 g/mol. The van der Waals surface area contributed by atoms with Crippen LogP contribution in [0.25, 0.3) is 33.8 Å². The van der Waals surface area contributed by atoms with Gasteiger partial charge >= 0.3 is 0 Å². The Labute approximate surface area is 185 Å². The molecule has 2 aromatic carbocycles. The number of carbonyl (C=O) groups excluding carboxylic acids is 1. The van der Waals surface area contributed by atoms with Gasteiger partial charge in [0, 0.05) is 23.7 Å². The third-order valence-corrected chi connectivity index (χ3v) is 5.79. The molecule has 0 saturated carbocycles. The highest BCUT2D eigenvalue weighted by Crippen LogP contribution is 2.26. The molecule has 1 fully saturated rings. The average Bonchev–Trinajstić information content (AvgIpc) is 3.23. The standard InChI is InChI=1S/C24H25N7O/c1-31-11-5-8-17(14-31)27-24(32)16-7-4-6-15(12-16)20-13-26-22(25)21(28-20)23-29-18-9-2-3-10-19(18)30-23/h2-4,6-7,9-10,12-13,17H,5,8,11,14H2,1H3,(H2,25,26)(H,27,32)(H,29,30). The Hall–Kier alpha value is -3.78. The van der Waals surface area contributed by atoms with Crippen LogP contribution in [0.4, 0.5) is 5.82 Å². The third-order valence-electron chi connectivity index (χ3n) is 5.79. The lowest BCUT2D eigenvalue weighted by molar-refractivity contribution is 0.0912. The Balaban J connectivity index is 1.42. The predicted molar refractivity (Wildman–Crippen MR) is 125 cm³/mol. The SMILES string of the molecule is CN1CCCC(NC(=O)c2cccc(-c3cnc(N)c(-c4nc5ccccc5[nH]4)n3)c2)C1. The Morgan fingerprint density at radius 1 is 1.19 bits per heavy atom. The zero-order valence-corrected chi connectivity index (χ0v) is 17.9. The molecule has 0 spiro atoms. The van der Waals surface area contributed by atoms with Gasteiger partial charge in [-0.15, -0.1) is 0 Å². The maximum absolute atomic E-state index is 12.8. The summed E-state index contributed by atoms with van der Waals surface area (Å²) < 4.78 is 0. The first-order valence-corrected chi connectivity index (χ1v) is 10.7. The van der Waals surface area contributed by atoms with Crippen LogP contribution in [0, 0.1) is 0 Å². The number of benzene rings is 2. The van der Waals surface area contributed by atoms with E-state index in [0.29, 0.717) is 28.6 Å². The lowest BCUT2D eigenvalue weighted by atomic mass is 10.0. The fourth-order valence-corrected chi connectivity index (χ4v) is 4.15. The first-order chi connectivity index (χ1) is 15.6. The number of hydrogen-bond donors (Lipinski definition) is 3. The molecule has 1 aliphatic heterocycles. The number of nitrogens with zero attached hydrogens (tertiary/aromatic N) is 4. The maximum atomic E-state index is 12.8. The second-order valence-electron chi connectivity index (χ2n) is 8.25. The molecule has 0 aliphatic carbocycles. The molecule has 4 aromatic rings. The van der Waals surface area contributed by atoms with Crippen LogP contribution in [0.1, 0.15) is 23.2 Å². The zero-order valence-electron chi connectivity index (χ0n) is 17.9. The van der Waals surface area contributed by atoms with Crippen molar-refractivity contribution < 1.29 is 4.79 Å². The van der Waals surface area contributed by atoms with Gasteiger partial charge in [-0.1, -0.05) is 24.3 Å². The van der Waals surface area contributed by atoms with E-state index in [4.69, 9.17) is 10.7 Å². The second kappa shape index (κ2) is 8.39. The van der Waals surface area contributed by atoms with Gasteiger partial charge in [0.2, 0.25) is 0 Å². The van der Waals surface area contributed by atoms with Gasteiger partial charge in [0.1, 0.15) is 5.69 Å². The second-order valence-corrected chi connectivity index (χ2v) is 8.25. The van der Waals surface area contributed by atoms with Crippen LogP contribution in [0.3, 0.4) is 0 Å². The Morgan fingerprint density at radius 3 is 2.91 bits per heavy atom. The van der Waals surface area contributed by atoms with E-state index in [1.807, 2.05) is 48.5 Å². The van der Waals surface area contributed by atoms with Crippen molar-refractivity contribution in [2.45, 2.75) is 18.9 Å². The molecule has 8 heteroatoms. The largest absolute Gasteiger partial charge is 0.382 e.